The van der Waals surface area contributed by atoms with Crippen LogP contribution in [0.1, 0.15) is 5.56 Å². The molecule has 0 radical (unpaired) electrons. The van der Waals surface area contributed by atoms with Gasteiger partial charge in [0.2, 0.25) is 5.95 Å². The summed E-state index contributed by atoms with van der Waals surface area (Å²) in [6, 6.07) is 8.76. The summed E-state index contributed by atoms with van der Waals surface area (Å²) in [6.45, 7) is 4.39. The average Bonchev–Trinajstić information content (AvgIpc) is 2.66. The molecule has 3 heterocycles. The minimum atomic E-state index is -0.215. The summed E-state index contributed by atoms with van der Waals surface area (Å²) in [4.78, 5) is 17.5. The van der Waals surface area contributed by atoms with Gasteiger partial charge >= 0.3 is 0 Å². The molecule has 122 valence electrons. The molecule has 0 unspecified atom stereocenters. The first-order valence-electron chi connectivity index (χ1n) is 8.08. The molecule has 2 aromatic heterocycles. The predicted molar refractivity (Wildman–Crippen MR) is 91.2 cm³/mol. The fraction of sp³-hybridized carbons (Fsp3) is 0.278. The highest BCUT2D eigenvalue weighted by Gasteiger charge is 2.19. The molecule has 0 atom stereocenters. The minimum Gasteiger partial charge on any atom is -0.338 e. The third-order valence-corrected chi connectivity index (χ3v) is 4.40. The Labute approximate surface area is 139 Å². The summed E-state index contributed by atoms with van der Waals surface area (Å²) in [6.07, 6.45) is 5.26. The van der Waals surface area contributed by atoms with Crippen LogP contribution in [0.3, 0.4) is 0 Å². The van der Waals surface area contributed by atoms with Crippen LogP contribution in [0.4, 0.5) is 10.3 Å². The summed E-state index contributed by atoms with van der Waals surface area (Å²) in [5.41, 5.74) is 1.82. The quantitative estimate of drug-likeness (QED) is 0.741. The molecular weight excluding hydrogens is 305 g/mol. The molecule has 5 nitrogen and oxygen atoms in total. The SMILES string of the molecule is Fc1ccc(CN2CCN(c3ncccn3)CC2)c2ncccc12. The smallest absolute Gasteiger partial charge is 0.225 e. The van der Waals surface area contributed by atoms with Gasteiger partial charge in [0.05, 0.1) is 5.52 Å². The van der Waals surface area contributed by atoms with Gasteiger partial charge in [-0.1, -0.05) is 6.07 Å². The van der Waals surface area contributed by atoms with Crippen LogP contribution in [0.15, 0.2) is 48.9 Å². The molecule has 1 aromatic carbocycles. The number of benzene rings is 1. The standard InChI is InChI=1S/C18H18FN5/c19-16-5-4-14(17-15(16)3-1-6-20-17)13-23-9-11-24(12-10-23)18-21-7-2-8-22-18/h1-8H,9-13H2. The van der Waals surface area contributed by atoms with Crippen LogP contribution in [0, 0.1) is 5.82 Å². The Bertz CT molecular complexity index is 831. The van der Waals surface area contributed by atoms with Gasteiger partial charge in [-0.3, -0.25) is 9.88 Å². The highest BCUT2D eigenvalue weighted by Crippen LogP contribution is 2.21. The number of fused-ring (bicyclic) bond motifs is 1. The van der Waals surface area contributed by atoms with E-state index in [1.165, 1.54) is 6.07 Å². The summed E-state index contributed by atoms with van der Waals surface area (Å²) >= 11 is 0. The van der Waals surface area contributed by atoms with E-state index < -0.39 is 0 Å². The highest BCUT2D eigenvalue weighted by atomic mass is 19.1. The van der Waals surface area contributed by atoms with Crippen LogP contribution < -0.4 is 4.90 Å². The van der Waals surface area contributed by atoms with Crippen molar-refractivity contribution in [1.82, 2.24) is 19.9 Å². The van der Waals surface area contributed by atoms with Crippen molar-refractivity contribution in [2.75, 3.05) is 31.1 Å². The number of halogens is 1. The number of aromatic nitrogens is 3. The van der Waals surface area contributed by atoms with E-state index in [-0.39, 0.29) is 5.82 Å². The molecule has 0 N–H and O–H groups in total. The second-order valence-corrected chi connectivity index (χ2v) is 5.92. The van der Waals surface area contributed by atoms with Crippen LogP contribution in [-0.2, 0) is 6.54 Å². The lowest BCUT2D eigenvalue weighted by atomic mass is 10.1. The van der Waals surface area contributed by atoms with E-state index in [4.69, 9.17) is 0 Å². The van der Waals surface area contributed by atoms with Crippen molar-refractivity contribution in [1.29, 1.82) is 0 Å². The molecule has 1 saturated heterocycles. The Morgan fingerprint density at radius 3 is 2.42 bits per heavy atom. The molecule has 4 rings (SSSR count). The topological polar surface area (TPSA) is 45.2 Å². The van der Waals surface area contributed by atoms with Gasteiger partial charge in [-0.2, -0.15) is 0 Å². The van der Waals surface area contributed by atoms with Crippen LogP contribution in [0.25, 0.3) is 10.9 Å². The van der Waals surface area contributed by atoms with Gasteiger partial charge in [0.15, 0.2) is 0 Å². The molecule has 1 fully saturated rings. The zero-order valence-electron chi connectivity index (χ0n) is 13.3. The Kier molecular flexibility index (Phi) is 4.04. The van der Waals surface area contributed by atoms with E-state index in [0.29, 0.717) is 5.39 Å². The van der Waals surface area contributed by atoms with Crippen molar-refractivity contribution < 1.29 is 4.39 Å². The summed E-state index contributed by atoms with van der Waals surface area (Å²) in [5.74, 6) is 0.568. The van der Waals surface area contributed by atoms with Crippen LogP contribution in [0.5, 0.6) is 0 Å². The predicted octanol–water partition coefficient (Wildman–Crippen LogP) is 2.49. The molecular formula is C18H18FN5. The molecule has 3 aromatic rings. The van der Waals surface area contributed by atoms with Crippen molar-refractivity contribution in [3.63, 3.8) is 0 Å². The second-order valence-electron chi connectivity index (χ2n) is 5.92. The first kappa shape index (κ1) is 15.0. The summed E-state index contributed by atoms with van der Waals surface area (Å²) < 4.78 is 13.9. The van der Waals surface area contributed by atoms with E-state index in [1.807, 2.05) is 12.1 Å². The third-order valence-electron chi connectivity index (χ3n) is 4.40. The monoisotopic (exact) mass is 323 g/mol. The maximum atomic E-state index is 13.9. The van der Waals surface area contributed by atoms with Crippen molar-refractivity contribution in [2.45, 2.75) is 6.54 Å². The van der Waals surface area contributed by atoms with Crippen molar-refractivity contribution in [3.8, 4) is 0 Å². The molecule has 0 spiro atoms. The van der Waals surface area contributed by atoms with Crippen molar-refractivity contribution >= 4 is 16.9 Å². The average molecular weight is 323 g/mol. The van der Waals surface area contributed by atoms with Gasteiger partial charge in [-0.05, 0) is 29.8 Å². The van der Waals surface area contributed by atoms with E-state index in [2.05, 4.69) is 24.8 Å². The number of piperazine rings is 1. The van der Waals surface area contributed by atoms with Crippen molar-refractivity contribution in [3.05, 3.63) is 60.3 Å². The lowest BCUT2D eigenvalue weighted by molar-refractivity contribution is 0.249. The Morgan fingerprint density at radius 1 is 0.875 bits per heavy atom. The van der Waals surface area contributed by atoms with Gasteiger partial charge < -0.3 is 4.90 Å². The molecule has 0 aliphatic carbocycles. The number of nitrogens with zero attached hydrogens (tertiary/aromatic N) is 5. The third kappa shape index (κ3) is 2.92. The Balaban J connectivity index is 1.47. The van der Waals surface area contributed by atoms with E-state index >= 15 is 0 Å². The number of anilines is 1. The Hall–Kier alpha value is -2.60. The molecule has 0 saturated carbocycles. The molecule has 1 aliphatic rings. The fourth-order valence-electron chi connectivity index (χ4n) is 3.13. The van der Waals surface area contributed by atoms with Crippen LogP contribution >= 0.6 is 0 Å². The normalized spacial score (nSPS) is 15.8. The molecule has 24 heavy (non-hydrogen) atoms. The van der Waals surface area contributed by atoms with Crippen LogP contribution in [0.2, 0.25) is 0 Å². The highest BCUT2D eigenvalue weighted by molar-refractivity contribution is 5.82. The molecule has 6 heteroatoms. The maximum Gasteiger partial charge on any atom is 0.225 e. The van der Waals surface area contributed by atoms with Gasteiger partial charge in [0, 0.05) is 56.7 Å². The second kappa shape index (κ2) is 6.49. The van der Waals surface area contributed by atoms with Crippen LogP contribution in [-0.4, -0.2) is 46.0 Å². The maximum absolute atomic E-state index is 13.9. The van der Waals surface area contributed by atoms with Gasteiger partial charge in [-0.15, -0.1) is 0 Å². The number of hydrogen-bond acceptors (Lipinski definition) is 5. The molecule has 0 bridgehead atoms. The minimum absolute atomic E-state index is 0.215. The fourth-order valence-corrected chi connectivity index (χ4v) is 3.13. The Morgan fingerprint density at radius 2 is 1.62 bits per heavy atom. The van der Waals surface area contributed by atoms with Gasteiger partial charge in [0.1, 0.15) is 5.82 Å². The van der Waals surface area contributed by atoms with Crippen molar-refractivity contribution in [2.24, 2.45) is 0 Å². The number of hydrogen-bond donors (Lipinski definition) is 0. The molecule has 1 aliphatic heterocycles. The number of rotatable bonds is 3. The largest absolute Gasteiger partial charge is 0.338 e. The molecule has 0 amide bonds. The van der Waals surface area contributed by atoms with Gasteiger partial charge in [0.25, 0.3) is 0 Å². The number of pyridine rings is 1. The summed E-state index contributed by atoms with van der Waals surface area (Å²) in [5, 5.41) is 0.589. The first-order valence-corrected chi connectivity index (χ1v) is 8.08. The van der Waals surface area contributed by atoms with Gasteiger partial charge in [-0.25, -0.2) is 14.4 Å². The summed E-state index contributed by atoms with van der Waals surface area (Å²) in [7, 11) is 0. The zero-order chi connectivity index (χ0) is 16.4. The lowest BCUT2D eigenvalue weighted by Crippen LogP contribution is -2.46. The zero-order valence-corrected chi connectivity index (χ0v) is 13.3. The van der Waals surface area contributed by atoms with E-state index in [9.17, 15) is 4.39 Å². The lowest BCUT2D eigenvalue weighted by Gasteiger charge is -2.34. The van der Waals surface area contributed by atoms with E-state index in [1.54, 1.807) is 30.7 Å². The first-order chi connectivity index (χ1) is 11.8. The van der Waals surface area contributed by atoms with E-state index in [0.717, 1.165) is 49.8 Å².